The van der Waals surface area contributed by atoms with Gasteiger partial charge in [-0.2, -0.15) is 4.39 Å². The number of aromatic nitrogens is 3. The number of Topliss-reactive ketones (excluding diaryl/α,β-unsaturated/α-hetero) is 1. The maximum atomic E-state index is 14.8. The molecule has 1 aromatic heterocycles. The van der Waals surface area contributed by atoms with Gasteiger partial charge in [-0.05, 0) is 56.7 Å². The van der Waals surface area contributed by atoms with E-state index in [1.807, 2.05) is 0 Å². The Hall–Kier alpha value is -3.95. The van der Waals surface area contributed by atoms with Crippen LogP contribution in [0.3, 0.4) is 0 Å². The second kappa shape index (κ2) is 6.77. The van der Waals surface area contributed by atoms with Crippen molar-refractivity contribution in [1.29, 1.82) is 0 Å². The fraction of sp³-hybridized carbons (Fsp3) is 0.261. The van der Waals surface area contributed by atoms with Crippen LogP contribution in [0.25, 0.3) is 5.69 Å². The van der Waals surface area contributed by atoms with Gasteiger partial charge in [0.15, 0.2) is 23.1 Å². The van der Waals surface area contributed by atoms with Gasteiger partial charge in [-0.3, -0.25) is 4.79 Å². The van der Waals surface area contributed by atoms with Gasteiger partial charge in [0.25, 0.3) is 0 Å². The fourth-order valence-corrected chi connectivity index (χ4v) is 4.51. The number of halogens is 2. The minimum absolute atomic E-state index is 0.0204. The summed E-state index contributed by atoms with van der Waals surface area (Å²) in [6.45, 7) is 4.76. The van der Waals surface area contributed by atoms with E-state index in [2.05, 4.69) is 0 Å². The van der Waals surface area contributed by atoms with E-state index in [1.54, 1.807) is 19.9 Å². The lowest BCUT2D eigenvalue weighted by atomic mass is 9.83. The summed E-state index contributed by atoms with van der Waals surface area (Å²) in [5.41, 5.74) is -1.26. The topological polar surface area (TPSA) is 95.5 Å². The smallest absolute Gasteiger partial charge is 0.352 e. The average Bonchev–Trinajstić information content (AvgIpc) is 3.03. The minimum Gasteiger partial charge on any atom is -0.503 e. The normalized spacial score (nSPS) is 18.0. The number of carbonyl (C=O) groups is 1. The molecule has 0 saturated heterocycles. The van der Waals surface area contributed by atoms with Crippen molar-refractivity contribution in [3.63, 3.8) is 0 Å². The van der Waals surface area contributed by atoms with E-state index in [1.165, 1.54) is 35.9 Å². The van der Waals surface area contributed by atoms with Gasteiger partial charge in [0.2, 0.25) is 5.82 Å². The zero-order valence-corrected chi connectivity index (χ0v) is 17.9. The van der Waals surface area contributed by atoms with E-state index in [0.717, 1.165) is 15.3 Å². The first-order valence-electron chi connectivity index (χ1n) is 10.2. The molecule has 8 nitrogen and oxygen atoms in total. The van der Waals surface area contributed by atoms with E-state index >= 15 is 0 Å². The Labute approximate surface area is 185 Å². The van der Waals surface area contributed by atoms with E-state index in [9.17, 15) is 28.3 Å². The molecule has 1 atom stereocenters. The molecule has 0 saturated carbocycles. The Morgan fingerprint density at radius 3 is 2.45 bits per heavy atom. The molecule has 2 aliphatic heterocycles. The highest BCUT2D eigenvalue weighted by atomic mass is 19.1. The quantitative estimate of drug-likeness (QED) is 0.474. The summed E-state index contributed by atoms with van der Waals surface area (Å²) in [6.07, 6.45) is 1.69. The first-order valence-corrected chi connectivity index (χ1v) is 10.2. The SMILES string of the molecule is CC(=O)c1ccc(-n2c(=O)n3n(c2=O)C2C(=CC3)C(C)(C)Oc3c2cc(F)c(O)c3F)cc1. The van der Waals surface area contributed by atoms with E-state index in [4.69, 9.17) is 4.74 Å². The highest BCUT2D eigenvalue weighted by Gasteiger charge is 2.45. The third kappa shape index (κ3) is 2.83. The van der Waals surface area contributed by atoms with Crippen LogP contribution in [0.15, 0.2) is 51.6 Å². The lowest BCUT2D eigenvalue weighted by Crippen LogP contribution is -2.46. The van der Waals surface area contributed by atoms with Crippen LogP contribution in [-0.4, -0.2) is 30.4 Å². The molecule has 0 amide bonds. The molecule has 2 aromatic carbocycles. The Balaban J connectivity index is 1.78. The highest BCUT2D eigenvalue weighted by Crippen LogP contribution is 2.49. The molecule has 0 aliphatic carbocycles. The molecule has 3 aromatic rings. The lowest BCUT2D eigenvalue weighted by Gasteiger charge is -2.42. The van der Waals surface area contributed by atoms with Crippen LogP contribution in [0, 0.1) is 11.6 Å². The van der Waals surface area contributed by atoms with Gasteiger partial charge in [0.05, 0.1) is 12.2 Å². The molecule has 10 heteroatoms. The van der Waals surface area contributed by atoms with Gasteiger partial charge < -0.3 is 9.84 Å². The molecule has 33 heavy (non-hydrogen) atoms. The van der Waals surface area contributed by atoms with Crippen LogP contribution in [0.1, 0.15) is 42.7 Å². The summed E-state index contributed by atoms with van der Waals surface area (Å²) in [6, 6.07) is 5.87. The molecular weight excluding hydrogens is 436 g/mol. The zero-order chi connectivity index (χ0) is 23.8. The van der Waals surface area contributed by atoms with E-state index in [0.29, 0.717) is 11.1 Å². The molecule has 170 valence electrons. The molecule has 0 spiro atoms. The number of rotatable bonds is 2. The molecule has 0 radical (unpaired) electrons. The summed E-state index contributed by atoms with van der Waals surface area (Å²) >= 11 is 0. The number of hydrogen-bond donors (Lipinski definition) is 1. The van der Waals surface area contributed by atoms with Crippen molar-refractivity contribution in [2.75, 3.05) is 0 Å². The monoisotopic (exact) mass is 455 g/mol. The number of benzene rings is 2. The summed E-state index contributed by atoms with van der Waals surface area (Å²) < 4.78 is 38.1. The predicted octanol–water partition coefficient (Wildman–Crippen LogP) is 2.69. The summed E-state index contributed by atoms with van der Waals surface area (Å²) in [5, 5.41) is 9.74. The predicted molar refractivity (Wildman–Crippen MR) is 113 cm³/mol. The van der Waals surface area contributed by atoms with Crippen molar-refractivity contribution < 1.29 is 23.4 Å². The molecule has 2 aliphatic rings. The summed E-state index contributed by atoms with van der Waals surface area (Å²) in [4.78, 5) is 38.2. The van der Waals surface area contributed by atoms with Crippen LogP contribution in [0.4, 0.5) is 8.78 Å². The Kier molecular flexibility index (Phi) is 4.29. The standard InChI is InChI=1S/C23H19F2N3O5/c1-11(29)12-4-6-13(7-5-12)27-21(31)26-9-8-15-18(28(26)22(27)32)14-10-16(24)19(30)17(25)20(14)33-23(15,2)3/h4-8,10,18,30H,9H2,1-3H3. The van der Waals surface area contributed by atoms with Crippen LogP contribution >= 0.6 is 0 Å². The molecule has 1 N–H and O–H groups in total. The largest absolute Gasteiger partial charge is 0.503 e. The third-order valence-electron chi connectivity index (χ3n) is 6.14. The fourth-order valence-electron chi connectivity index (χ4n) is 4.51. The van der Waals surface area contributed by atoms with Crippen molar-refractivity contribution in [2.45, 2.75) is 39.0 Å². The van der Waals surface area contributed by atoms with Crippen LogP contribution in [0.2, 0.25) is 0 Å². The number of nitrogens with zero attached hydrogens (tertiary/aromatic N) is 3. The van der Waals surface area contributed by atoms with Crippen LogP contribution in [0.5, 0.6) is 11.5 Å². The highest BCUT2D eigenvalue weighted by molar-refractivity contribution is 5.94. The van der Waals surface area contributed by atoms with Crippen molar-refractivity contribution in [3.05, 3.63) is 85.7 Å². The van der Waals surface area contributed by atoms with E-state index < -0.39 is 40.4 Å². The Bertz CT molecular complexity index is 1490. The Morgan fingerprint density at radius 2 is 1.82 bits per heavy atom. The third-order valence-corrected chi connectivity index (χ3v) is 6.14. The van der Waals surface area contributed by atoms with Gasteiger partial charge in [-0.25, -0.2) is 27.9 Å². The molecule has 0 bridgehead atoms. The number of phenols is 1. The first-order chi connectivity index (χ1) is 15.5. The van der Waals surface area contributed by atoms with Gasteiger partial charge in [0, 0.05) is 11.1 Å². The second-order valence-corrected chi connectivity index (χ2v) is 8.54. The number of carbonyl (C=O) groups excluding carboxylic acids is 1. The minimum atomic E-state index is -1.27. The second-order valence-electron chi connectivity index (χ2n) is 8.54. The maximum absolute atomic E-state index is 14.8. The number of hydrogen-bond acceptors (Lipinski definition) is 5. The molecule has 0 fully saturated rings. The molecule has 1 unspecified atom stereocenters. The average molecular weight is 455 g/mol. The van der Waals surface area contributed by atoms with Crippen LogP contribution in [-0.2, 0) is 6.54 Å². The number of ether oxygens (including phenoxy) is 1. The Morgan fingerprint density at radius 1 is 1.15 bits per heavy atom. The number of aromatic hydroxyl groups is 1. The number of fused-ring (bicyclic) bond motifs is 5. The molecular formula is C23H19F2N3O5. The molecule has 3 heterocycles. The van der Waals surface area contributed by atoms with Crippen molar-refractivity contribution in [2.24, 2.45) is 0 Å². The van der Waals surface area contributed by atoms with Crippen molar-refractivity contribution in [3.8, 4) is 17.2 Å². The molecule has 5 rings (SSSR count). The van der Waals surface area contributed by atoms with Crippen LogP contribution < -0.4 is 16.1 Å². The summed E-state index contributed by atoms with van der Waals surface area (Å²) in [7, 11) is 0. The van der Waals surface area contributed by atoms with Gasteiger partial charge in [0.1, 0.15) is 11.6 Å². The lowest BCUT2D eigenvalue weighted by molar-refractivity contribution is 0.101. The number of ketones is 1. The zero-order valence-electron chi connectivity index (χ0n) is 17.9. The van der Waals surface area contributed by atoms with Crippen molar-refractivity contribution in [1.82, 2.24) is 13.9 Å². The van der Waals surface area contributed by atoms with Gasteiger partial charge in [-0.15, -0.1) is 0 Å². The number of phenolic OH excluding ortho intramolecular Hbond substituents is 1. The number of allylic oxidation sites excluding steroid dienone is 1. The maximum Gasteiger partial charge on any atom is 0.352 e. The van der Waals surface area contributed by atoms with Crippen molar-refractivity contribution >= 4 is 5.78 Å². The van der Waals surface area contributed by atoms with Gasteiger partial charge >= 0.3 is 11.4 Å². The van der Waals surface area contributed by atoms with E-state index in [-0.39, 0.29) is 29.3 Å². The first kappa shape index (κ1) is 20.9. The summed E-state index contributed by atoms with van der Waals surface area (Å²) in [5.74, 6) is -4.21. The van der Waals surface area contributed by atoms with Gasteiger partial charge in [-0.1, -0.05) is 6.08 Å².